The Kier molecular flexibility index (Phi) is 31.8. The second-order valence-corrected chi connectivity index (χ2v) is 20.9. The summed E-state index contributed by atoms with van der Waals surface area (Å²) in [6.07, 6.45) is 87.3. The molecule has 0 aromatic rings. The molecule has 344 valence electrons. The number of allylic oxidation sites excluding steroid dienone is 10. The number of hydrogen-bond donors (Lipinski definition) is 0. The van der Waals surface area contributed by atoms with Crippen molar-refractivity contribution >= 4 is 0 Å². The Morgan fingerprint density at radius 1 is 0.200 bits per heavy atom. The summed E-state index contributed by atoms with van der Waals surface area (Å²) in [7, 11) is 0. The quantitative estimate of drug-likeness (QED) is 0.169. The lowest BCUT2D eigenvalue weighted by atomic mass is 9.73. The molecule has 60 heavy (non-hydrogen) atoms. The van der Waals surface area contributed by atoms with E-state index in [-0.39, 0.29) is 0 Å². The summed E-state index contributed by atoms with van der Waals surface area (Å²) in [6, 6.07) is 0. The first kappa shape index (κ1) is 51.3. The van der Waals surface area contributed by atoms with Crippen LogP contribution in [-0.4, -0.2) is 0 Å². The van der Waals surface area contributed by atoms with Gasteiger partial charge in [0.15, 0.2) is 0 Å². The second-order valence-electron chi connectivity index (χ2n) is 20.9. The fourth-order valence-electron chi connectivity index (χ4n) is 12.3. The van der Waals surface area contributed by atoms with Crippen molar-refractivity contribution in [2.75, 3.05) is 0 Å². The molecular weight excluding hydrogens is 721 g/mol. The van der Waals surface area contributed by atoms with Crippen molar-refractivity contribution < 1.29 is 0 Å². The average molecular weight is 825 g/mol. The van der Waals surface area contributed by atoms with Crippen LogP contribution in [0.5, 0.6) is 0 Å². The molecule has 6 unspecified atom stereocenters. The fourth-order valence-corrected chi connectivity index (χ4v) is 12.3. The van der Waals surface area contributed by atoms with Crippen LogP contribution in [0.2, 0.25) is 0 Å². The lowest BCUT2D eigenvalue weighted by Crippen LogP contribution is -2.25. The second kappa shape index (κ2) is 37.1. The van der Waals surface area contributed by atoms with Gasteiger partial charge >= 0.3 is 0 Å². The lowest BCUT2D eigenvalue weighted by molar-refractivity contribution is 0.206. The molecule has 8 aliphatic carbocycles. The minimum atomic E-state index is 1.02. The first-order chi connectivity index (χ1) is 29.9. The van der Waals surface area contributed by atoms with Gasteiger partial charge in [-0.25, -0.2) is 0 Å². The molecule has 0 N–H and O–H groups in total. The standard InChI is InChI=1S/C12H16.4C12H22/c1-2-8-5-7(1)11-9-3-4-10(6-9)12(8)11;4*1-2-4-6-8-10-12-11-9-7-5-3-1/h1-2,7-12H,3-6H2;4*1-2H,3-12H2. The lowest BCUT2D eigenvalue weighted by Gasteiger charge is -2.31. The molecule has 0 aliphatic heterocycles. The largest absolute Gasteiger partial charge is 0.0885 e. The molecular formula is C60H104. The Morgan fingerprint density at radius 3 is 0.583 bits per heavy atom. The zero-order chi connectivity index (χ0) is 41.6. The predicted molar refractivity (Wildman–Crippen MR) is 270 cm³/mol. The van der Waals surface area contributed by atoms with Crippen molar-refractivity contribution in [3.8, 4) is 0 Å². The van der Waals surface area contributed by atoms with E-state index in [2.05, 4.69) is 60.8 Å². The van der Waals surface area contributed by atoms with Crippen LogP contribution < -0.4 is 0 Å². The van der Waals surface area contributed by atoms with Gasteiger partial charge in [0.2, 0.25) is 0 Å². The van der Waals surface area contributed by atoms with Gasteiger partial charge in [-0.15, -0.1) is 0 Å². The highest BCUT2D eigenvalue weighted by atomic mass is 14.6. The van der Waals surface area contributed by atoms with Gasteiger partial charge in [-0.05, 0) is 164 Å². The molecule has 8 rings (SSSR count). The Labute approximate surface area is 377 Å². The maximum absolute atomic E-state index is 2.53. The summed E-state index contributed by atoms with van der Waals surface area (Å²) >= 11 is 0. The molecule has 3 saturated carbocycles. The Hall–Kier alpha value is -1.30. The van der Waals surface area contributed by atoms with Gasteiger partial charge in [0, 0.05) is 0 Å². The summed E-state index contributed by atoms with van der Waals surface area (Å²) in [4.78, 5) is 0. The molecule has 3 fully saturated rings. The van der Waals surface area contributed by atoms with Gasteiger partial charge in [-0.3, -0.25) is 0 Å². The maximum atomic E-state index is 2.53. The van der Waals surface area contributed by atoms with Crippen LogP contribution in [0.3, 0.4) is 0 Å². The molecule has 4 bridgehead atoms. The molecule has 6 atom stereocenters. The molecule has 0 aromatic heterocycles. The third-order valence-corrected chi connectivity index (χ3v) is 15.8. The normalized spacial score (nSPS) is 31.1. The molecule has 0 aromatic carbocycles. The molecule has 0 heteroatoms. The van der Waals surface area contributed by atoms with Gasteiger partial charge in [0.1, 0.15) is 0 Å². The van der Waals surface area contributed by atoms with Gasteiger partial charge in [-0.1, -0.05) is 215 Å². The SMILES string of the molecule is C1=CC2CC1C1C3CCC(C3)C21.C1=CCCCCCCCCCC1.C1=CCCCCCCCCCC1.C1=CCCCCCCCCCC1.C1=CCCCCCCCCCC1. The highest BCUT2D eigenvalue weighted by molar-refractivity contribution is 5.19. The van der Waals surface area contributed by atoms with E-state index < -0.39 is 0 Å². The minimum Gasteiger partial charge on any atom is -0.0885 e. The van der Waals surface area contributed by atoms with E-state index in [1.54, 1.807) is 19.3 Å². The van der Waals surface area contributed by atoms with Crippen molar-refractivity contribution in [3.05, 3.63) is 60.8 Å². The third kappa shape index (κ3) is 24.5. The Bertz CT molecular complexity index is 901. The zero-order valence-electron chi connectivity index (χ0n) is 40.4. The highest BCUT2D eigenvalue weighted by Gasteiger charge is 2.57. The molecule has 0 nitrogen and oxygen atoms in total. The minimum absolute atomic E-state index is 1.02. The molecule has 0 saturated heterocycles. The molecule has 0 radical (unpaired) electrons. The summed E-state index contributed by atoms with van der Waals surface area (Å²) in [5.41, 5.74) is 0. The van der Waals surface area contributed by atoms with Gasteiger partial charge < -0.3 is 0 Å². The van der Waals surface area contributed by atoms with Gasteiger partial charge in [0.05, 0.1) is 0 Å². The van der Waals surface area contributed by atoms with Crippen molar-refractivity contribution in [3.63, 3.8) is 0 Å². The predicted octanol–water partition coefficient (Wildman–Crippen LogP) is 20.7. The summed E-state index contributed by atoms with van der Waals surface area (Å²) in [5, 5.41) is 0. The molecule has 0 amide bonds. The van der Waals surface area contributed by atoms with Crippen LogP contribution in [0.15, 0.2) is 60.8 Å². The number of fused-ring (bicyclic) bond motifs is 9. The first-order valence-electron chi connectivity index (χ1n) is 28.2. The Balaban J connectivity index is 0.000000165. The molecule has 0 spiro atoms. The Morgan fingerprint density at radius 2 is 0.383 bits per heavy atom. The van der Waals surface area contributed by atoms with Crippen molar-refractivity contribution in [1.29, 1.82) is 0 Å². The molecule has 8 aliphatic rings. The molecule has 0 heterocycles. The maximum Gasteiger partial charge on any atom is -0.0194 e. The third-order valence-electron chi connectivity index (χ3n) is 15.8. The zero-order valence-corrected chi connectivity index (χ0v) is 40.4. The van der Waals surface area contributed by atoms with E-state index in [0.29, 0.717) is 0 Å². The number of hydrogen-bond acceptors (Lipinski definition) is 0. The number of rotatable bonds is 0. The topological polar surface area (TPSA) is 0 Å². The summed E-state index contributed by atoms with van der Waals surface area (Å²) in [6.45, 7) is 0. The van der Waals surface area contributed by atoms with Crippen molar-refractivity contribution in [2.24, 2.45) is 35.5 Å². The smallest absolute Gasteiger partial charge is 0.0194 e. The van der Waals surface area contributed by atoms with Crippen LogP contribution in [0.1, 0.15) is 283 Å². The van der Waals surface area contributed by atoms with E-state index in [1.807, 2.05) is 0 Å². The van der Waals surface area contributed by atoms with E-state index in [1.165, 1.54) is 263 Å². The van der Waals surface area contributed by atoms with Crippen LogP contribution in [0.4, 0.5) is 0 Å². The van der Waals surface area contributed by atoms with E-state index in [9.17, 15) is 0 Å². The van der Waals surface area contributed by atoms with Crippen LogP contribution in [-0.2, 0) is 0 Å². The van der Waals surface area contributed by atoms with Crippen molar-refractivity contribution in [2.45, 2.75) is 283 Å². The van der Waals surface area contributed by atoms with Crippen molar-refractivity contribution in [1.82, 2.24) is 0 Å². The average Bonchev–Trinajstić information content (AvgIpc) is 4.07. The van der Waals surface area contributed by atoms with E-state index in [0.717, 1.165) is 35.5 Å². The summed E-state index contributed by atoms with van der Waals surface area (Å²) < 4.78 is 0. The summed E-state index contributed by atoms with van der Waals surface area (Å²) in [5.74, 6) is 6.66. The fraction of sp³-hybridized carbons (Fsp3) is 0.833. The first-order valence-corrected chi connectivity index (χ1v) is 28.2. The van der Waals surface area contributed by atoms with Gasteiger partial charge in [-0.2, -0.15) is 0 Å². The van der Waals surface area contributed by atoms with Crippen LogP contribution >= 0.6 is 0 Å². The van der Waals surface area contributed by atoms with E-state index in [4.69, 9.17) is 0 Å². The monoisotopic (exact) mass is 825 g/mol. The van der Waals surface area contributed by atoms with E-state index >= 15 is 0 Å². The van der Waals surface area contributed by atoms with Crippen LogP contribution in [0.25, 0.3) is 0 Å². The van der Waals surface area contributed by atoms with Crippen LogP contribution in [0, 0.1) is 35.5 Å². The van der Waals surface area contributed by atoms with Gasteiger partial charge in [0.25, 0.3) is 0 Å². The highest BCUT2D eigenvalue weighted by Crippen LogP contribution is 2.65.